The number of phenolic OH excluding ortho intramolecular Hbond substituents is 1. The topological polar surface area (TPSA) is 57.5 Å². The molecular formula is C11H12O3. The maximum atomic E-state index is 10.8. The molecule has 0 amide bonds. The van der Waals surface area contributed by atoms with Crippen molar-refractivity contribution in [2.24, 2.45) is 0 Å². The second kappa shape index (κ2) is 3.96. The van der Waals surface area contributed by atoms with Gasteiger partial charge in [-0.05, 0) is 31.0 Å². The summed E-state index contributed by atoms with van der Waals surface area (Å²) in [6.45, 7) is 5.24. The second-order valence-electron chi connectivity index (χ2n) is 3.03. The van der Waals surface area contributed by atoms with E-state index in [0.717, 1.165) is 0 Å². The van der Waals surface area contributed by atoms with Crippen molar-refractivity contribution in [3.8, 4) is 5.75 Å². The van der Waals surface area contributed by atoms with Gasteiger partial charge in [0.05, 0.1) is 5.56 Å². The minimum Gasteiger partial charge on any atom is -0.508 e. The van der Waals surface area contributed by atoms with Crippen molar-refractivity contribution in [2.75, 3.05) is 0 Å². The van der Waals surface area contributed by atoms with Crippen molar-refractivity contribution in [1.29, 1.82) is 0 Å². The Hall–Kier alpha value is -1.77. The molecule has 0 aliphatic heterocycles. The fourth-order valence-electron chi connectivity index (χ4n) is 1.38. The van der Waals surface area contributed by atoms with Crippen LogP contribution >= 0.6 is 0 Å². The number of carbonyl (C=O) groups is 1. The third-order valence-electron chi connectivity index (χ3n) is 2.15. The number of carboxylic acid groups (broad SMARTS) is 1. The Morgan fingerprint density at radius 2 is 2.21 bits per heavy atom. The predicted molar refractivity (Wildman–Crippen MR) is 53.7 cm³/mol. The molecule has 3 nitrogen and oxygen atoms in total. The molecule has 14 heavy (non-hydrogen) atoms. The lowest BCUT2D eigenvalue weighted by Gasteiger charge is -2.08. The van der Waals surface area contributed by atoms with E-state index in [2.05, 4.69) is 6.58 Å². The van der Waals surface area contributed by atoms with Gasteiger partial charge in [-0.2, -0.15) is 0 Å². The van der Waals surface area contributed by atoms with Gasteiger partial charge in [-0.15, -0.1) is 6.58 Å². The molecule has 0 aromatic heterocycles. The van der Waals surface area contributed by atoms with Gasteiger partial charge >= 0.3 is 5.97 Å². The highest BCUT2D eigenvalue weighted by molar-refractivity contribution is 5.90. The molecule has 0 radical (unpaired) electrons. The van der Waals surface area contributed by atoms with Gasteiger partial charge < -0.3 is 10.2 Å². The van der Waals surface area contributed by atoms with Crippen molar-refractivity contribution in [1.82, 2.24) is 0 Å². The van der Waals surface area contributed by atoms with E-state index >= 15 is 0 Å². The zero-order valence-corrected chi connectivity index (χ0v) is 7.95. The molecule has 0 aliphatic carbocycles. The zero-order valence-electron chi connectivity index (χ0n) is 7.95. The standard InChI is InChI=1S/C11H12O3/c1-3-4-8-7(2)9(11(13)14)5-6-10(8)12/h3,5-6,12H,1,4H2,2H3,(H,13,14). The maximum Gasteiger partial charge on any atom is 0.335 e. The molecule has 0 bridgehead atoms. The van der Waals surface area contributed by atoms with E-state index in [-0.39, 0.29) is 11.3 Å². The van der Waals surface area contributed by atoms with E-state index in [9.17, 15) is 9.90 Å². The fourth-order valence-corrected chi connectivity index (χ4v) is 1.38. The van der Waals surface area contributed by atoms with Crippen LogP contribution in [0.4, 0.5) is 0 Å². The molecular weight excluding hydrogens is 180 g/mol. The minimum atomic E-state index is -0.979. The quantitative estimate of drug-likeness (QED) is 0.721. The summed E-state index contributed by atoms with van der Waals surface area (Å²) in [5.74, 6) is -0.861. The van der Waals surface area contributed by atoms with Crippen LogP contribution in [-0.2, 0) is 6.42 Å². The number of phenols is 1. The normalized spacial score (nSPS) is 9.79. The summed E-state index contributed by atoms with van der Waals surface area (Å²) in [4.78, 5) is 10.8. The van der Waals surface area contributed by atoms with Crippen molar-refractivity contribution in [2.45, 2.75) is 13.3 Å². The molecule has 0 atom stereocenters. The summed E-state index contributed by atoms with van der Waals surface area (Å²) in [7, 11) is 0. The Bertz CT molecular complexity index is 380. The number of hydrogen-bond acceptors (Lipinski definition) is 2. The molecule has 1 aromatic rings. The van der Waals surface area contributed by atoms with E-state index in [1.807, 2.05) is 0 Å². The summed E-state index contributed by atoms with van der Waals surface area (Å²) in [5.41, 5.74) is 1.44. The van der Waals surface area contributed by atoms with E-state index in [1.165, 1.54) is 12.1 Å². The number of carboxylic acids is 1. The van der Waals surface area contributed by atoms with E-state index in [4.69, 9.17) is 5.11 Å². The predicted octanol–water partition coefficient (Wildman–Crippen LogP) is 2.13. The zero-order chi connectivity index (χ0) is 10.7. The highest BCUT2D eigenvalue weighted by Crippen LogP contribution is 2.24. The van der Waals surface area contributed by atoms with Crippen molar-refractivity contribution < 1.29 is 15.0 Å². The van der Waals surface area contributed by atoms with Gasteiger partial charge in [0.25, 0.3) is 0 Å². The molecule has 0 heterocycles. The van der Waals surface area contributed by atoms with Gasteiger partial charge in [0.1, 0.15) is 5.75 Å². The number of rotatable bonds is 3. The lowest BCUT2D eigenvalue weighted by atomic mass is 9.99. The molecule has 3 heteroatoms. The monoisotopic (exact) mass is 192 g/mol. The second-order valence-corrected chi connectivity index (χ2v) is 3.03. The first-order chi connectivity index (χ1) is 6.57. The molecule has 0 fully saturated rings. The summed E-state index contributed by atoms with van der Waals surface area (Å²) >= 11 is 0. The van der Waals surface area contributed by atoms with E-state index in [0.29, 0.717) is 17.5 Å². The SMILES string of the molecule is C=CCc1c(O)ccc(C(=O)O)c1C. The first kappa shape index (κ1) is 10.3. The Kier molecular flexibility index (Phi) is 2.92. The lowest BCUT2D eigenvalue weighted by molar-refractivity contribution is 0.0696. The van der Waals surface area contributed by atoms with Crippen LogP contribution in [0.25, 0.3) is 0 Å². The Labute approximate surface area is 82.3 Å². The molecule has 0 spiro atoms. The first-order valence-electron chi connectivity index (χ1n) is 4.23. The van der Waals surface area contributed by atoms with Gasteiger partial charge in [-0.1, -0.05) is 6.08 Å². The number of aromatic carboxylic acids is 1. The van der Waals surface area contributed by atoms with Crippen LogP contribution in [0.2, 0.25) is 0 Å². The summed E-state index contributed by atoms with van der Waals surface area (Å²) < 4.78 is 0. The smallest absolute Gasteiger partial charge is 0.335 e. The third kappa shape index (κ3) is 1.76. The average Bonchev–Trinajstić information content (AvgIpc) is 2.11. The minimum absolute atomic E-state index is 0.118. The van der Waals surface area contributed by atoms with Gasteiger partial charge in [0, 0.05) is 5.56 Å². The molecule has 0 aliphatic rings. The van der Waals surface area contributed by atoms with Crippen molar-refractivity contribution >= 4 is 5.97 Å². The average molecular weight is 192 g/mol. The molecule has 0 unspecified atom stereocenters. The van der Waals surface area contributed by atoms with E-state index < -0.39 is 5.97 Å². The fraction of sp³-hybridized carbons (Fsp3) is 0.182. The maximum absolute atomic E-state index is 10.8. The Morgan fingerprint density at radius 3 is 2.71 bits per heavy atom. The Morgan fingerprint density at radius 1 is 1.57 bits per heavy atom. The number of hydrogen-bond donors (Lipinski definition) is 2. The molecule has 74 valence electrons. The summed E-state index contributed by atoms with van der Waals surface area (Å²) in [6.07, 6.45) is 2.10. The molecule has 1 rings (SSSR count). The number of allylic oxidation sites excluding steroid dienone is 1. The van der Waals surface area contributed by atoms with E-state index in [1.54, 1.807) is 13.0 Å². The van der Waals surface area contributed by atoms with Gasteiger partial charge in [0.15, 0.2) is 0 Å². The van der Waals surface area contributed by atoms with Crippen LogP contribution in [0.15, 0.2) is 24.8 Å². The molecule has 0 saturated carbocycles. The highest BCUT2D eigenvalue weighted by Gasteiger charge is 2.12. The lowest BCUT2D eigenvalue weighted by Crippen LogP contribution is -2.02. The molecule has 1 aromatic carbocycles. The van der Waals surface area contributed by atoms with Crippen molar-refractivity contribution in [3.05, 3.63) is 41.5 Å². The Balaban J connectivity index is 3.32. The van der Waals surface area contributed by atoms with Crippen LogP contribution in [-0.4, -0.2) is 16.2 Å². The highest BCUT2D eigenvalue weighted by atomic mass is 16.4. The van der Waals surface area contributed by atoms with Crippen LogP contribution in [0.3, 0.4) is 0 Å². The number of aromatic hydroxyl groups is 1. The number of benzene rings is 1. The van der Waals surface area contributed by atoms with Gasteiger partial charge in [-0.3, -0.25) is 0 Å². The van der Waals surface area contributed by atoms with Crippen LogP contribution in [0, 0.1) is 6.92 Å². The third-order valence-corrected chi connectivity index (χ3v) is 2.15. The van der Waals surface area contributed by atoms with Crippen LogP contribution in [0.5, 0.6) is 5.75 Å². The molecule has 0 saturated heterocycles. The first-order valence-corrected chi connectivity index (χ1v) is 4.23. The van der Waals surface area contributed by atoms with Crippen LogP contribution in [0.1, 0.15) is 21.5 Å². The molecule has 2 N–H and O–H groups in total. The van der Waals surface area contributed by atoms with Gasteiger partial charge in [-0.25, -0.2) is 4.79 Å². The largest absolute Gasteiger partial charge is 0.508 e. The van der Waals surface area contributed by atoms with Gasteiger partial charge in [0.2, 0.25) is 0 Å². The summed E-state index contributed by atoms with van der Waals surface area (Å²) in [5, 5.41) is 18.3. The summed E-state index contributed by atoms with van der Waals surface area (Å²) in [6, 6.07) is 2.80. The van der Waals surface area contributed by atoms with Crippen molar-refractivity contribution in [3.63, 3.8) is 0 Å². The van der Waals surface area contributed by atoms with Crippen LogP contribution < -0.4 is 0 Å².